The highest BCUT2D eigenvalue weighted by Gasteiger charge is 2.21. The van der Waals surface area contributed by atoms with Crippen molar-refractivity contribution < 1.29 is 10.2 Å². The summed E-state index contributed by atoms with van der Waals surface area (Å²) in [6.07, 6.45) is 7.99. The number of aromatic hydroxyl groups is 2. The molecule has 2 aromatic carbocycles. The molecule has 130 valence electrons. The molecule has 0 heterocycles. The van der Waals surface area contributed by atoms with Gasteiger partial charge in [0.1, 0.15) is 11.5 Å². The van der Waals surface area contributed by atoms with Crippen molar-refractivity contribution in [3.8, 4) is 11.5 Å². The number of phenolic OH excluding ortho intramolecular Hbond substituents is 2. The Bertz CT molecular complexity index is 670. The zero-order chi connectivity index (χ0) is 17.9. The Morgan fingerprint density at radius 2 is 1.04 bits per heavy atom. The summed E-state index contributed by atoms with van der Waals surface area (Å²) in [6, 6.07) is 8.06. The first kappa shape index (κ1) is 19.8. The molecule has 2 rings (SSSR count). The third-order valence-corrected chi connectivity index (χ3v) is 6.92. The normalized spacial score (nSPS) is 11.2. The second-order valence-corrected chi connectivity index (χ2v) is 8.71. The van der Waals surface area contributed by atoms with Crippen molar-refractivity contribution in [2.75, 3.05) is 25.0 Å². The van der Waals surface area contributed by atoms with E-state index in [9.17, 15) is 10.2 Å². The Balaban J connectivity index is 2.62. The summed E-state index contributed by atoms with van der Waals surface area (Å²) in [5.74, 6) is 0.529. The number of thioether (sulfide) groups is 4. The van der Waals surface area contributed by atoms with E-state index in [-0.39, 0.29) is 5.92 Å². The minimum Gasteiger partial charge on any atom is -0.506 e. The summed E-state index contributed by atoms with van der Waals surface area (Å²) in [5, 5.41) is 21.3. The van der Waals surface area contributed by atoms with Gasteiger partial charge in [-0.05, 0) is 49.3 Å². The fraction of sp³-hybridized carbons (Fsp3) is 0.333. The maximum Gasteiger partial charge on any atom is 0.133 e. The molecule has 0 aliphatic heterocycles. The highest BCUT2D eigenvalue weighted by molar-refractivity contribution is 7.99. The number of benzene rings is 2. The molecular weight excluding hydrogens is 376 g/mol. The first-order chi connectivity index (χ1) is 11.5. The molecule has 0 fully saturated rings. The molecular formula is C18H22O2S4. The predicted molar refractivity (Wildman–Crippen MR) is 111 cm³/mol. The third-order valence-electron chi connectivity index (χ3n) is 4.00. The second kappa shape index (κ2) is 8.70. The molecule has 0 aliphatic rings. The summed E-state index contributed by atoms with van der Waals surface area (Å²) in [5.41, 5.74) is 1.71. The molecule has 24 heavy (non-hydrogen) atoms. The lowest BCUT2D eigenvalue weighted by molar-refractivity contribution is 0.442. The number of hydrogen-bond donors (Lipinski definition) is 2. The lowest BCUT2D eigenvalue weighted by Crippen LogP contribution is -2.00. The van der Waals surface area contributed by atoms with Gasteiger partial charge in [0.2, 0.25) is 0 Å². The van der Waals surface area contributed by atoms with E-state index >= 15 is 0 Å². The van der Waals surface area contributed by atoms with Gasteiger partial charge in [0, 0.05) is 26.8 Å². The van der Waals surface area contributed by atoms with Crippen LogP contribution in [-0.2, 0) is 0 Å². The van der Waals surface area contributed by atoms with E-state index < -0.39 is 0 Å². The maximum absolute atomic E-state index is 10.7. The minimum atomic E-state index is -0.0963. The molecule has 0 radical (unpaired) electrons. The predicted octanol–water partition coefficient (Wildman–Crippen LogP) is 6.14. The van der Waals surface area contributed by atoms with Crippen LogP contribution in [0.4, 0.5) is 0 Å². The van der Waals surface area contributed by atoms with Crippen molar-refractivity contribution in [3.05, 3.63) is 35.4 Å². The Kier molecular flexibility index (Phi) is 7.16. The minimum absolute atomic E-state index is 0.0963. The van der Waals surface area contributed by atoms with Crippen LogP contribution in [0, 0.1) is 0 Å². The Labute approximate surface area is 161 Å². The summed E-state index contributed by atoms with van der Waals surface area (Å²) < 4.78 is 0. The van der Waals surface area contributed by atoms with Crippen LogP contribution in [-0.4, -0.2) is 35.2 Å². The molecule has 2 aromatic rings. The van der Waals surface area contributed by atoms with Gasteiger partial charge in [-0.25, -0.2) is 0 Å². The Morgan fingerprint density at radius 1 is 0.667 bits per heavy atom. The van der Waals surface area contributed by atoms with Crippen LogP contribution in [0.25, 0.3) is 0 Å². The number of phenols is 2. The average Bonchev–Trinajstić information content (AvgIpc) is 2.61. The lowest BCUT2D eigenvalue weighted by atomic mass is 9.91. The van der Waals surface area contributed by atoms with Crippen molar-refractivity contribution in [2.24, 2.45) is 0 Å². The van der Waals surface area contributed by atoms with Crippen LogP contribution in [0.5, 0.6) is 11.5 Å². The molecule has 0 amide bonds. The zero-order valence-corrected chi connectivity index (χ0v) is 17.7. The highest BCUT2D eigenvalue weighted by atomic mass is 32.2. The molecule has 0 aliphatic carbocycles. The van der Waals surface area contributed by atoms with Gasteiger partial charge >= 0.3 is 0 Å². The fourth-order valence-corrected chi connectivity index (χ4v) is 4.80. The first-order valence-electron chi connectivity index (χ1n) is 7.36. The Hall–Kier alpha value is -0.560. The van der Waals surface area contributed by atoms with Gasteiger partial charge in [-0.1, -0.05) is 6.92 Å². The molecule has 0 unspecified atom stereocenters. The highest BCUT2D eigenvalue weighted by Crippen LogP contribution is 2.45. The van der Waals surface area contributed by atoms with Crippen molar-refractivity contribution in [3.63, 3.8) is 0 Å². The van der Waals surface area contributed by atoms with Gasteiger partial charge in [-0.2, -0.15) is 0 Å². The first-order valence-corrected chi connectivity index (χ1v) is 12.3. The van der Waals surface area contributed by atoms with Gasteiger partial charge in [0.15, 0.2) is 0 Å². The third kappa shape index (κ3) is 3.98. The smallest absolute Gasteiger partial charge is 0.133 e. The molecule has 2 N–H and O–H groups in total. The van der Waals surface area contributed by atoms with Crippen LogP contribution >= 0.6 is 47.0 Å². The maximum atomic E-state index is 10.7. The summed E-state index contributed by atoms with van der Waals surface area (Å²) in [6.45, 7) is 2.03. The average molecular weight is 399 g/mol. The SMILES string of the molecule is CSc1cc(SC)c(O)c(C(C)c2cc(SC)cc(SC)c2O)c1. The molecule has 6 heteroatoms. The quantitative estimate of drug-likeness (QED) is 0.570. The van der Waals surface area contributed by atoms with Crippen LogP contribution < -0.4 is 0 Å². The van der Waals surface area contributed by atoms with Crippen LogP contribution in [0.1, 0.15) is 24.0 Å². The largest absolute Gasteiger partial charge is 0.506 e. The van der Waals surface area contributed by atoms with E-state index in [4.69, 9.17) is 0 Å². The number of hydrogen-bond acceptors (Lipinski definition) is 6. The molecule has 0 saturated heterocycles. The van der Waals surface area contributed by atoms with E-state index in [1.54, 1.807) is 23.5 Å². The van der Waals surface area contributed by atoms with E-state index in [1.165, 1.54) is 23.5 Å². The van der Waals surface area contributed by atoms with Crippen molar-refractivity contribution in [2.45, 2.75) is 32.4 Å². The van der Waals surface area contributed by atoms with Crippen molar-refractivity contribution in [1.29, 1.82) is 0 Å². The molecule has 0 bridgehead atoms. The summed E-state index contributed by atoms with van der Waals surface area (Å²) in [4.78, 5) is 3.97. The van der Waals surface area contributed by atoms with Gasteiger partial charge in [0.25, 0.3) is 0 Å². The van der Waals surface area contributed by atoms with Crippen LogP contribution in [0.3, 0.4) is 0 Å². The fourth-order valence-electron chi connectivity index (χ4n) is 2.58. The Morgan fingerprint density at radius 3 is 1.33 bits per heavy atom. The summed E-state index contributed by atoms with van der Waals surface area (Å²) >= 11 is 6.39. The summed E-state index contributed by atoms with van der Waals surface area (Å²) in [7, 11) is 0. The van der Waals surface area contributed by atoms with Gasteiger partial charge in [-0.15, -0.1) is 47.0 Å². The molecule has 0 spiro atoms. The van der Waals surface area contributed by atoms with Crippen LogP contribution in [0.2, 0.25) is 0 Å². The van der Waals surface area contributed by atoms with Crippen LogP contribution in [0.15, 0.2) is 43.8 Å². The van der Waals surface area contributed by atoms with E-state index in [1.807, 2.05) is 56.2 Å². The van der Waals surface area contributed by atoms with E-state index in [2.05, 4.69) is 0 Å². The zero-order valence-electron chi connectivity index (χ0n) is 14.4. The monoisotopic (exact) mass is 398 g/mol. The molecule has 2 nitrogen and oxygen atoms in total. The lowest BCUT2D eigenvalue weighted by Gasteiger charge is -2.20. The van der Waals surface area contributed by atoms with Crippen molar-refractivity contribution in [1.82, 2.24) is 0 Å². The standard InChI is InChI=1S/C18H22O2S4/c1-10(13-6-11(21-2)8-15(23-4)17(13)19)14-7-12(22-3)9-16(24-5)18(14)20/h6-10,19-20H,1-5H3. The second-order valence-electron chi connectivity index (χ2n) is 5.26. The van der Waals surface area contributed by atoms with Gasteiger partial charge in [0.05, 0.1) is 9.79 Å². The van der Waals surface area contributed by atoms with Gasteiger partial charge < -0.3 is 10.2 Å². The topological polar surface area (TPSA) is 40.5 Å². The van der Waals surface area contributed by atoms with E-state index in [0.29, 0.717) is 11.5 Å². The van der Waals surface area contributed by atoms with Gasteiger partial charge in [-0.3, -0.25) is 0 Å². The molecule has 0 aromatic heterocycles. The van der Waals surface area contributed by atoms with Crippen molar-refractivity contribution >= 4 is 47.0 Å². The van der Waals surface area contributed by atoms with E-state index in [0.717, 1.165) is 30.7 Å². The molecule has 0 saturated carbocycles. The number of rotatable bonds is 6. The molecule has 0 atom stereocenters.